The van der Waals surface area contributed by atoms with Gasteiger partial charge in [0.05, 0.1) is 0 Å². The Hall–Kier alpha value is -2.66. The molecule has 372 valence electrons. The maximum absolute atomic E-state index is 4.85. The van der Waals surface area contributed by atoms with E-state index < -0.39 is 0 Å². The van der Waals surface area contributed by atoms with Crippen LogP contribution in [-0.2, 0) is 136 Å². The molecule has 0 saturated carbocycles. The molecule has 2 heterocycles. The SMILES string of the molecule is CCOCC.Cc1c(C)c(C)[c-](C)c1C.Cc1c(C)c(C)[c-](C)c1C.[Pt+2].[Pt+2].[Ru+2].[Ru+2].[S-]c1ccccc1[S-].[S-]c1ccccc1[S-].[c-]1ccccc1-c1ccccn1.[c-]1ccccc1-c1ccccn1. The fraction of sp³-hybridized carbons (Fsp3) is 0.241. The molecular weight excluding hydrogens is 1460 g/mol. The Morgan fingerprint density at radius 3 is 0.841 bits per heavy atom. The van der Waals surface area contributed by atoms with Crippen LogP contribution in [0.3, 0.4) is 0 Å². The second-order valence-corrected chi connectivity index (χ2v) is 16.7. The summed E-state index contributed by atoms with van der Waals surface area (Å²) in [5.74, 6) is 0. The first-order valence-electron chi connectivity index (χ1n) is 21.7. The first-order valence-corrected chi connectivity index (χ1v) is 23.3. The minimum atomic E-state index is 0. The van der Waals surface area contributed by atoms with Crippen LogP contribution in [0.25, 0.3) is 22.5 Å². The van der Waals surface area contributed by atoms with Gasteiger partial charge in [0.15, 0.2) is 0 Å². The predicted molar refractivity (Wildman–Crippen MR) is 286 cm³/mol. The van der Waals surface area contributed by atoms with Gasteiger partial charge in [0.25, 0.3) is 0 Å². The molecule has 0 aliphatic rings. The van der Waals surface area contributed by atoms with Crippen LogP contribution in [0.5, 0.6) is 0 Å². The Morgan fingerprint density at radius 1 is 0.420 bits per heavy atom. The van der Waals surface area contributed by atoms with Gasteiger partial charge >= 0.3 is 81.1 Å². The van der Waals surface area contributed by atoms with E-state index in [1.807, 2.05) is 147 Å². The molecule has 0 atom stereocenters. The van der Waals surface area contributed by atoms with Crippen LogP contribution in [0.2, 0.25) is 0 Å². The summed E-state index contributed by atoms with van der Waals surface area (Å²) in [5.41, 5.74) is 18.7. The first-order chi connectivity index (χ1) is 31.1. The fourth-order valence-corrected chi connectivity index (χ4v) is 6.65. The first kappa shape index (κ1) is 70.6. The van der Waals surface area contributed by atoms with Crippen molar-refractivity contribution in [1.29, 1.82) is 0 Å². The number of ether oxygens (including phenoxy) is 1. The van der Waals surface area contributed by atoms with Crippen molar-refractivity contribution in [3.8, 4) is 22.5 Å². The van der Waals surface area contributed by atoms with Crippen LogP contribution in [0.15, 0.2) is 165 Å². The molecule has 6 aromatic carbocycles. The molecule has 0 radical (unpaired) electrons. The molecular formula is C58H64N2OPt2Ru2S4. The molecule has 0 aliphatic heterocycles. The van der Waals surface area contributed by atoms with Gasteiger partial charge < -0.3 is 65.2 Å². The summed E-state index contributed by atoms with van der Waals surface area (Å²) in [7, 11) is 0. The van der Waals surface area contributed by atoms with E-state index in [0.29, 0.717) is 0 Å². The molecule has 3 nitrogen and oxygen atoms in total. The van der Waals surface area contributed by atoms with Crippen LogP contribution in [0.1, 0.15) is 69.5 Å². The third kappa shape index (κ3) is 25.5. The van der Waals surface area contributed by atoms with Gasteiger partial charge in [0.1, 0.15) is 0 Å². The van der Waals surface area contributed by atoms with Crippen molar-refractivity contribution < 1.29 is 85.8 Å². The van der Waals surface area contributed by atoms with Gasteiger partial charge in [-0.25, -0.2) is 0 Å². The van der Waals surface area contributed by atoms with Crippen molar-refractivity contribution in [2.75, 3.05) is 13.2 Å². The number of rotatable bonds is 4. The van der Waals surface area contributed by atoms with E-state index in [1.165, 1.54) is 55.6 Å². The second kappa shape index (κ2) is 39.9. The van der Waals surface area contributed by atoms with E-state index in [9.17, 15) is 0 Å². The summed E-state index contributed by atoms with van der Waals surface area (Å²) in [5, 5.41) is 0. The predicted octanol–water partition coefficient (Wildman–Crippen LogP) is 15.0. The zero-order valence-electron chi connectivity index (χ0n) is 41.5. The second-order valence-electron chi connectivity index (χ2n) is 14.9. The van der Waals surface area contributed by atoms with Crippen LogP contribution < -0.4 is 0 Å². The molecule has 0 unspecified atom stereocenters. The monoisotopic (exact) mass is 1530 g/mol. The average molecular weight is 1530 g/mol. The van der Waals surface area contributed by atoms with Crippen molar-refractivity contribution in [3.05, 3.63) is 214 Å². The Labute approximate surface area is 493 Å². The standard InChI is InChI=1S/2C11H8N.2C10H15.2C6H6S2.C4H10O.2Pt.2Ru/c2*1-2-6-10(7-3-1)11-8-4-5-9-12-11;2*1-6-7(2)9(4)10(5)8(6)3;2*7-5-3-1-2-4-6(5)8;1-3-5-4-2;;;;/h2*1-6,8-9H;2*1-5H3;2*1-4,7-8H;3-4H2,1-2H3;;;;/q4*-1;;;;4*+2/p-4. The van der Waals surface area contributed by atoms with Gasteiger partial charge in [-0.05, 0) is 37.4 Å². The Morgan fingerprint density at radius 2 is 0.681 bits per heavy atom. The molecule has 0 bridgehead atoms. The number of aromatic nitrogens is 2. The van der Waals surface area contributed by atoms with E-state index in [1.54, 1.807) is 12.4 Å². The Kier molecular flexibility index (Phi) is 40.8. The van der Waals surface area contributed by atoms with Crippen molar-refractivity contribution in [2.45, 2.75) is 103 Å². The van der Waals surface area contributed by atoms with Gasteiger partial charge in [-0.2, -0.15) is 75.2 Å². The summed E-state index contributed by atoms with van der Waals surface area (Å²) in [6.07, 6.45) is 3.58. The van der Waals surface area contributed by atoms with Crippen LogP contribution in [-0.4, -0.2) is 23.2 Å². The largest absolute Gasteiger partial charge is 2.00 e. The fourth-order valence-electron chi connectivity index (χ4n) is 6.07. The van der Waals surface area contributed by atoms with E-state index >= 15 is 0 Å². The van der Waals surface area contributed by atoms with Gasteiger partial charge in [-0.15, -0.1) is 71.8 Å². The van der Waals surface area contributed by atoms with Gasteiger partial charge in [0, 0.05) is 25.6 Å². The minimum absolute atomic E-state index is 0. The molecule has 8 aromatic rings. The van der Waals surface area contributed by atoms with Crippen molar-refractivity contribution in [1.82, 2.24) is 9.97 Å². The third-order valence-electron chi connectivity index (χ3n) is 11.0. The van der Waals surface area contributed by atoms with Crippen LogP contribution in [0.4, 0.5) is 0 Å². The molecule has 0 amide bonds. The number of pyridine rings is 2. The number of nitrogens with zero attached hydrogens (tertiary/aromatic N) is 2. The molecule has 11 heteroatoms. The van der Waals surface area contributed by atoms with Crippen molar-refractivity contribution in [2.24, 2.45) is 0 Å². The summed E-state index contributed by atoms with van der Waals surface area (Å²) in [6, 6.07) is 48.5. The summed E-state index contributed by atoms with van der Waals surface area (Å²) in [4.78, 5) is 11.5. The number of hydrogen-bond donors (Lipinski definition) is 0. The van der Waals surface area contributed by atoms with Crippen molar-refractivity contribution >= 4 is 50.5 Å². The van der Waals surface area contributed by atoms with Crippen LogP contribution >= 0.6 is 0 Å². The maximum atomic E-state index is 4.85. The number of hydrogen-bond acceptors (Lipinski definition) is 7. The van der Waals surface area contributed by atoms with E-state index in [-0.39, 0.29) is 81.1 Å². The zero-order valence-corrected chi connectivity index (χ0v) is 52.8. The molecule has 2 aromatic heterocycles. The average Bonchev–Trinajstić information content (AvgIpc) is 3.62. The normalized spacial score (nSPS) is 9.10. The minimum Gasteiger partial charge on any atom is -0.781 e. The van der Waals surface area contributed by atoms with Crippen molar-refractivity contribution in [3.63, 3.8) is 0 Å². The smallest absolute Gasteiger partial charge is 0.781 e. The topological polar surface area (TPSA) is 35.0 Å². The Balaban J connectivity index is -0.000000739. The van der Waals surface area contributed by atoms with Gasteiger partial charge in [-0.1, -0.05) is 142 Å². The van der Waals surface area contributed by atoms with E-state index in [2.05, 4.69) is 91.3 Å². The summed E-state index contributed by atoms with van der Waals surface area (Å²) in [6.45, 7) is 27.7. The summed E-state index contributed by atoms with van der Waals surface area (Å²) >= 11 is 19.4. The molecule has 0 saturated heterocycles. The molecule has 0 N–H and O–H groups in total. The number of benzene rings is 4. The van der Waals surface area contributed by atoms with E-state index in [0.717, 1.165) is 55.3 Å². The quantitative estimate of drug-likeness (QED) is 0.0987. The molecule has 0 fully saturated rings. The maximum Gasteiger partial charge on any atom is 2.00 e. The Bertz CT molecular complexity index is 2090. The molecule has 8 rings (SSSR count). The van der Waals surface area contributed by atoms with Gasteiger partial charge in [0.2, 0.25) is 0 Å². The molecule has 0 spiro atoms. The summed E-state index contributed by atoms with van der Waals surface area (Å²) < 4.78 is 4.83. The molecule has 69 heavy (non-hydrogen) atoms. The third-order valence-corrected chi connectivity index (χ3v) is 12.7. The van der Waals surface area contributed by atoms with E-state index in [4.69, 9.17) is 55.3 Å². The van der Waals surface area contributed by atoms with Gasteiger partial charge in [-0.3, -0.25) is 0 Å². The molecule has 0 aliphatic carbocycles. The zero-order chi connectivity index (χ0) is 48.3. The van der Waals surface area contributed by atoms with Crippen LogP contribution in [0, 0.1) is 81.4 Å².